The Morgan fingerprint density at radius 2 is 1.54 bits per heavy atom. The van der Waals surface area contributed by atoms with Crippen LogP contribution in [0.4, 0.5) is 0 Å². The van der Waals surface area contributed by atoms with Crippen molar-refractivity contribution < 1.29 is 18.9 Å². The van der Waals surface area contributed by atoms with Crippen LogP contribution in [0.2, 0.25) is 0 Å². The molecule has 1 aromatic heterocycles. The molecule has 0 saturated carbocycles. The van der Waals surface area contributed by atoms with Crippen LogP contribution in [0.3, 0.4) is 0 Å². The molecule has 2 aromatic carbocycles. The smallest absolute Gasteiger partial charge is 0.259 e. The molecule has 0 amide bonds. The normalized spacial score (nSPS) is 11.4. The summed E-state index contributed by atoms with van der Waals surface area (Å²) in [5.41, 5.74) is 0.868. The predicted molar refractivity (Wildman–Crippen MR) is 109 cm³/mol. The Hall–Kier alpha value is -3.19. The first kappa shape index (κ1) is 19.6. The number of H-pyrrole nitrogens is 1. The average Bonchev–Trinajstić information content (AvgIpc) is 2.72. The molecule has 0 atom stereocenters. The predicted octanol–water partition coefficient (Wildman–Crippen LogP) is 3.69. The fourth-order valence-corrected chi connectivity index (χ4v) is 2.95. The molecule has 146 valence electrons. The summed E-state index contributed by atoms with van der Waals surface area (Å²) in [4.78, 5) is 19.6. The minimum Gasteiger partial charge on any atom is -0.493 e. The SMILES string of the molecule is COc1ccc(/C=C(\Cl)c2nc3cc(OC)c(OC)cc3c(=O)[nH]2)cc1OC. The van der Waals surface area contributed by atoms with Gasteiger partial charge in [-0.1, -0.05) is 17.7 Å². The first-order valence-corrected chi connectivity index (χ1v) is 8.64. The summed E-state index contributed by atoms with van der Waals surface area (Å²) in [6.45, 7) is 0. The zero-order valence-electron chi connectivity index (χ0n) is 15.8. The standard InChI is InChI=1S/C20H19ClN2O5/c1-25-15-6-5-11(8-16(15)26-2)7-13(21)19-22-14-10-18(28-4)17(27-3)9-12(14)20(24)23-19/h5-10H,1-4H3,(H,22,23,24)/b13-7-. The van der Waals surface area contributed by atoms with Crippen molar-refractivity contribution in [2.45, 2.75) is 0 Å². The molecule has 0 aliphatic carbocycles. The first-order valence-electron chi connectivity index (χ1n) is 8.26. The Labute approximate surface area is 166 Å². The summed E-state index contributed by atoms with van der Waals surface area (Å²) in [6.07, 6.45) is 1.67. The van der Waals surface area contributed by atoms with Crippen LogP contribution in [0.15, 0.2) is 35.1 Å². The molecule has 0 unspecified atom stereocenters. The number of rotatable bonds is 6. The van der Waals surface area contributed by atoms with Crippen molar-refractivity contribution >= 4 is 33.6 Å². The number of halogens is 1. The van der Waals surface area contributed by atoms with E-state index < -0.39 is 0 Å². The number of hydrogen-bond acceptors (Lipinski definition) is 6. The Kier molecular flexibility index (Phi) is 5.75. The first-order chi connectivity index (χ1) is 13.5. The van der Waals surface area contributed by atoms with Gasteiger partial charge in [0.15, 0.2) is 28.8 Å². The van der Waals surface area contributed by atoms with Crippen molar-refractivity contribution in [3.63, 3.8) is 0 Å². The summed E-state index contributed by atoms with van der Waals surface area (Å²) in [6, 6.07) is 8.57. The highest BCUT2D eigenvalue weighted by molar-refractivity contribution is 6.50. The Morgan fingerprint density at radius 3 is 2.18 bits per heavy atom. The van der Waals surface area contributed by atoms with Crippen molar-refractivity contribution in [2.75, 3.05) is 28.4 Å². The lowest BCUT2D eigenvalue weighted by Crippen LogP contribution is -2.11. The molecule has 0 saturated heterocycles. The third-order valence-corrected chi connectivity index (χ3v) is 4.43. The van der Waals surface area contributed by atoms with Gasteiger partial charge < -0.3 is 23.9 Å². The van der Waals surface area contributed by atoms with Crippen LogP contribution in [0.1, 0.15) is 11.4 Å². The van der Waals surface area contributed by atoms with Crippen LogP contribution in [0, 0.1) is 0 Å². The second kappa shape index (κ2) is 8.22. The van der Waals surface area contributed by atoms with Gasteiger partial charge in [-0.15, -0.1) is 0 Å². The maximum Gasteiger partial charge on any atom is 0.259 e. The molecule has 3 aromatic rings. The molecule has 8 heteroatoms. The molecule has 0 spiro atoms. The van der Waals surface area contributed by atoms with E-state index in [0.29, 0.717) is 33.9 Å². The lowest BCUT2D eigenvalue weighted by atomic mass is 10.1. The Bertz CT molecular complexity index is 1110. The average molecular weight is 403 g/mol. The van der Waals surface area contributed by atoms with E-state index in [1.54, 1.807) is 44.6 Å². The fourth-order valence-electron chi connectivity index (χ4n) is 2.74. The number of benzene rings is 2. The number of aromatic nitrogens is 2. The van der Waals surface area contributed by atoms with E-state index in [0.717, 1.165) is 5.56 Å². The lowest BCUT2D eigenvalue weighted by molar-refractivity contribution is 0.355. The van der Waals surface area contributed by atoms with E-state index in [2.05, 4.69) is 9.97 Å². The topological polar surface area (TPSA) is 82.7 Å². The molecule has 0 radical (unpaired) electrons. The fraction of sp³-hybridized carbons (Fsp3) is 0.200. The highest BCUT2D eigenvalue weighted by Gasteiger charge is 2.12. The van der Waals surface area contributed by atoms with Gasteiger partial charge in [0.1, 0.15) is 0 Å². The lowest BCUT2D eigenvalue weighted by Gasteiger charge is -2.10. The van der Waals surface area contributed by atoms with Crippen LogP contribution < -0.4 is 24.5 Å². The zero-order valence-corrected chi connectivity index (χ0v) is 16.6. The summed E-state index contributed by atoms with van der Waals surface area (Å²) in [5.74, 6) is 2.33. The molecule has 28 heavy (non-hydrogen) atoms. The number of ether oxygens (including phenoxy) is 4. The summed E-state index contributed by atoms with van der Waals surface area (Å²) in [7, 11) is 6.13. The number of fused-ring (bicyclic) bond motifs is 1. The molecule has 1 N–H and O–H groups in total. The molecule has 0 aliphatic rings. The van der Waals surface area contributed by atoms with Crippen LogP contribution in [0.25, 0.3) is 22.0 Å². The molecular formula is C20H19ClN2O5. The van der Waals surface area contributed by atoms with Gasteiger partial charge in [0, 0.05) is 6.07 Å². The van der Waals surface area contributed by atoms with Crippen LogP contribution in [0.5, 0.6) is 23.0 Å². The maximum atomic E-state index is 12.5. The van der Waals surface area contributed by atoms with Gasteiger partial charge >= 0.3 is 0 Å². The summed E-state index contributed by atoms with van der Waals surface area (Å²) >= 11 is 6.41. The largest absolute Gasteiger partial charge is 0.493 e. The monoisotopic (exact) mass is 402 g/mol. The van der Waals surface area contributed by atoms with E-state index in [4.69, 9.17) is 30.5 Å². The second-order valence-electron chi connectivity index (χ2n) is 5.75. The highest BCUT2D eigenvalue weighted by Crippen LogP contribution is 2.32. The number of nitrogens with zero attached hydrogens (tertiary/aromatic N) is 1. The molecular weight excluding hydrogens is 384 g/mol. The number of methoxy groups -OCH3 is 4. The van der Waals surface area contributed by atoms with Gasteiger partial charge in [0.2, 0.25) is 0 Å². The Morgan fingerprint density at radius 1 is 0.929 bits per heavy atom. The minimum absolute atomic E-state index is 0.237. The maximum absolute atomic E-state index is 12.5. The molecule has 1 heterocycles. The zero-order chi connectivity index (χ0) is 20.3. The van der Waals surface area contributed by atoms with E-state index in [9.17, 15) is 4.79 Å². The van der Waals surface area contributed by atoms with Crippen LogP contribution in [-0.2, 0) is 0 Å². The Balaban J connectivity index is 2.07. The summed E-state index contributed by atoms with van der Waals surface area (Å²) in [5, 5.41) is 0.637. The molecule has 7 nitrogen and oxygen atoms in total. The quantitative estimate of drug-likeness (QED) is 0.677. The van der Waals surface area contributed by atoms with Crippen molar-refractivity contribution in [2.24, 2.45) is 0 Å². The van der Waals surface area contributed by atoms with Crippen LogP contribution in [-0.4, -0.2) is 38.4 Å². The minimum atomic E-state index is -0.334. The molecule has 0 bridgehead atoms. The van der Waals surface area contributed by atoms with E-state index in [-0.39, 0.29) is 16.4 Å². The van der Waals surface area contributed by atoms with E-state index in [1.807, 2.05) is 6.07 Å². The van der Waals surface area contributed by atoms with Gasteiger partial charge in [0.25, 0.3) is 5.56 Å². The number of hydrogen-bond donors (Lipinski definition) is 1. The van der Waals surface area contributed by atoms with Gasteiger partial charge in [-0.25, -0.2) is 4.98 Å². The van der Waals surface area contributed by atoms with Crippen molar-refractivity contribution in [3.8, 4) is 23.0 Å². The van der Waals surface area contributed by atoms with Gasteiger partial charge in [-0.3, -0.25) is 4.79 Å². The molecule has 3 rings (SSSR count). The molecule has 0 aliphatic heterocycles. The second-order valence-corrected chi connectivity index (χ2v) is 6.15. The van der Waals surface area contributed by atoms with E-state index in [1.165, 1.54) is 14.2 Å². The number of aromatic amines is 1. The number of nitrogens with one attached hydrogen (secondary N) is 1. The van der Waals surface area contributed by atoms with Crippen molar-refractivity contribution in [1.82, 2.24) is 9.97 Å². The van der Waals surface area contributed by atoms with Crippen LogP contribution >= 0.6 is 11.6 Å². The van der Waals surface area contributed by atoms with Crippen molar-refractivity contribution in [3.05, 3.63) is 52.1 Å². The highest BCUT2D eigenvalue weighted by atomic mass is 35.5. The van der Waals surface area contributed by atoms with Gasteiger partial charge in [-0.05, 0) is 29.8 Å². The summed E-state index contributed by atoms with van der Waals surface area (Å²) < 4.78 is 21.0. The van der Waals surface area contributed by atoms with Gasteiger partial charge in [-0.2, -0.15) is 0 Å². The van der Waals surface area contributed by atoms with Crippen molar-refractivity contribution in [1.29, 1.82) is 0 Å². The third kappa shape index (κ3) is 3.75. The van der Waals surface area contributed by atoms with Gasteiger partial charge in [0.05, 0.1) is 44.4 Å². The van der Waals surface area contributed by atoms with E-state index >= 15 is 0 Å². The third-order valence-electron chi connectivity index (χ3n) is 4.14. The molecule has 0 fully saturated rings.